The second-order valence-corrected chi connectivity index (χ2v) is 7.25. The van der Waals surface area contributed by atoms with E-state index in [4.69, 9.17) is 10.2 Å². The SMILES string of the molecule is CC1=C(c2nc(-c3ccc(C#N)cc3)cs2)C(c2ccc(O)cc2)NC(=O)N1. The van der Waals surface area contributed by atoms with E-state index in [0.717, 1.165) is 33.1 Å². The van der Waals surface area contributed by atoms with Crippen LogP contribution in [0.5, 0.6) is 5.75 Å². The Bertz CT molecular complexity index is 1110. The van der Waals surface area contributed by atoms with Gasteiger partial charge in [-0.3, -0.25) is 0 Å². The van der Waals surface area contributed by atoms with Crippen LogP contribution >= 0.6 is 11.3 Å². The summed E-state index contributed by atoms with van der Waals surface area (Å²) >= 11 is 1.49. The molecule has 1 aromatic heterocycles. The number of hydrogen-bond donors (Lipinski definition) is 3. The minimum absolute atomic E-state index is 0.170. The van der Waals surface area contributed by atoms with Gasteiger partial charge in [-0.15, -0.1) is 11.3 Å². The van der Waals surface area contributed by atoms with E-state index in [0.29, 0.717) is 5.56 Å². The number of benzene rings is 2. The Balaban J connectivity index is 1.73. The molecular weight excluding hydrogens is 372 g/mol. The maximum absolute atomic E-state index is 12.0. The first-order valence-corrected chi connectivity index (χ1v) is 9.47. The fraction of sp³-hybridized carbons (Fsp3) is 0.0952. The van der Waals surface area contributed by atoms with Crippen LogP contribution in [0.4, 0.5) is 4.79 Å². The molecule has 0 saturated carbocycles. The third kappa shape index (κ3) is 3.33. The van der Waals surface area contributed by atoms with Crippen LogP contribution in [0.1, 0.15) is 29.1 Å². The molecule has 4 rings (SSSR count). The van der Waals surface area contributed by atoms with Crippen LogP contribution in [0.25, 0.3) is 16.8 Å². The summed E-state index contributed by atoms with van der Waals surface area (Å²) in [7, 11) is 0. The van der Waals surface area contributed by atoms with Gasteiger partial charge in [0.1, 0.15) is 10.8 Å². The number of urea groups is 1. The van der Waals surface area contributed by atoms with Gasteiger partial charge in [0.2, 0.25) is 0 Å². The molecule has 1 aliphatic rings. The van der Waals surface area contributed by atoms with Crippen LogP contribution in [0.2, 0.25) is 0 Å². The zero-order valence-electron chi connectivity index (χ0n) is 14.9. The second-order valence-electron chi connectivity index (χ2n) is 6.39. The Morgan fingerprint density at radius 1 is 1.14 bits per heavy atom. The number of allylic oxidation sites excluding steroid dienone is 1. The number of nitriles is 1. The molecule has 2 heterocycles. The van der Waals surface area contributed by atoms with Crippen molar-refractivity contribution in [3.63, 3.8) is 0 Å². The highest BCUT2D eigenvalue weighted by Crippen LogP contribution is 2.37. The zero-order valence-corrected chi connectivity index (χ0v) is 15.7. The lowest BCUT2D eigenvalue weighted by molar-refractivity contribution is 0.240. The number of amides is 2. The Labute approximate surface area is 165 Å². The lowest BCUT2D eigenvalue weighted by atomic mass is 9.96. The van der Waals surface area contributed by atoms with Crippen molar-refractivity contribution in [3.8, 4) is 23.1 Å². The van der Waals surface area contributed by atoms with Crippen molar-refractivity contribution in [1.29, 1.82) is 5.26 Å². The molecule has 0 radical (unpaired) electrons. The zero-order chi connectivity index (χ0) is 19.7. The molecule has 0 spiro atoms. The van der Waals surface area contributed by atoms with Crippen molar-refractivity contribution in [1.82, 2.24) is 15.6 Å². The number of carbonyl (C=O) groups is 1. The minimum atomic E-state index is -0.366. The van der Waals surface area contributed by atoms with Crippen LogP contribution < -0.4 is 10.6 Å². The molecule has 2 aromatic carbocycles. The number of hydrogen-bond acceptors (Lipinski definition) is 5. The van der Waals surface area contributed by atoms with E-state index in [1.165, 1.54) is 11.3 Å². The highest BCUT2D eigenvalue weighted by atomic mass is 32.1. The van der Waals surface area contributed by atoms with Crippen molar-refractivity contribution in [3.05, 3.63) is 75.7 Å². The Kier molecular flexibility index (Phi) is 4.55. The molecule has 0 fully saturated rings. The smallest absolute Gasteiger partial charge is 0.319 e. The van der Waals surface area contributed by atoms with Gasteiger partial charge >= 0.3 is 6.03 Å². The number of phenolic OH excluding ortho intramolecular Hbond substituents is 1. The highest BCUT2D eigenvalue weighted by Gasteiger charge is 2.29. The van der Waals surface area contributed by atoms with Crippen LogP contribution in [-0.4, -0.2) is 16.1 Å². The van der Waals surface area contributed by atoms with E-state index in [9.17, 15) is 9.90 Å². The molecule has 138 valence electrons. The maximum atomic E-state index is 12.0. The van der Waals surface area contributed by atoms with Gasteiger partial charge in [0.25, 0.3) is 0 Å². The molecule has 1 atom stereocenters. The first-order valence-electron chi connectivity index (χ1n) is 8.59. The summed E-state index contributed by atoms with van der Waals surface area (Å²) in [6, 6.07) is 15.5. The molecule has 6 nitrogen and oxygen atoms in total. The van der Waals surface area contributed by atoms with Crippen LogP contribution in [0.3, 0.4) is 0 Å². The van der Waals surface area contributed by atoms with Gasteiger partial charge in [0.15, 0.2) is 0 Å². The van der Waals surface area contributed by atoms with Crippen LogP contribution in [-0.2, 0) is 0 Å². The number of nitrogens with zero attached hydrogens (tertiary/aromatic N) is 2. The van der Waals surface area contributed by atoms with Gasteiger partial charge in [-0.2, -0.15) is 5.26 Å². The van der Waals surface area contributed by atoms with E-state index in [1.54, 1.807) is 36.4 Å². The fourth-order valence-corrected chi connectivity index (χ4v) is 4.10. The largest absolute Gasteiger partial charge is 0.508 e. The second kappa shape index (κ2) is 7.18. The summed E-state index contributed by atoms with van der Waals surface area (Å²) in [4.78, 5) is 16.8. The summed E-state index contributed by atoms with van der Waals surface area (Å²) in [5.74, 6) is 0.170. The van der Waals surface area contributed by atoms with Gasteiger partial charge in [0, 0.05) is 22.2 Å². The third-order valence-corrected chi connectivity index (χ3v) is 5.42. The van der Waals surface area contributed by atoms with Crippen molar-refractivity contribution in [2.75, 3.05) is 0 Å². The molecule has 0 saturated heterocycles. The standard InChI is InChI=1S/C21H16N4O2S/c1-12-18(19(25-21(27)23-12)15-6-8-16(26)9-7-15)20-24-17(11-28-20)14-4-2-13(10-22)3-5-14/h2-9,11,19,26H,1H3,(H2,23,25,27). The van der Waals surface area contributed by atoms with Gasteiger partial charge in [-0.05, 0) is 36.8 Å². The van der Waals surface area contributed by atoms with Crippen LogP contribution in [0, 0.1) is 11.3 Å². The molecule has 3 aromatic rings. The average molecular weight is 388 g/mol. The van der Waals surface area contributed by atoms with Crippen molar-refractivity contribution in [2.45, 2.75) is 13.0 Å². The molecule has 28 heavy (non-hydrogen) atoms. The highest BCUT2D eigenvalue weighted by molar-refractivity contribution is 7.11. The predicted octanol–water partition coefficient (Wildman–Crippen LogP) is 4.17. The quantitative estimate of drug-likeness (QED) is 0.627. The molecular formula is C21H16N4O2S. The molecule has 1 aliphatic heterocycles. The fourth-order valence-electron chi connectivity index (χ4n) is 3.14. The number of nitrogens with one attached hydrogen (secondary N) is 2. The summed E-state index contributed by atoms with van der Waals surface area (Å²) < 4.78 is 0. The van der Waals surface area contributed by atoms with Gasteiger partial charge in [-0.1, -0.05) is 24.3 Å². The van der Waals surface area contributed by atoms with E-state index in [-0.39, 0.29) is 17.8 Å². The Hall–Kier alpha value is -3.63. The first-order chi connectivity index (χ1) is 13.5. The Morgan fingerprint density at radius 2 is 1.86 bits per heavy atom. The minimum Gasteiger partial charge on any atom is -0.508 e. The molecule has 2 amide bonds. The number of rotatable bonds is 3. The molecule has 1 unspecified atom stereocenters. The van der Waals surface area contributed by atoms with E-state index >= 15 is 0 Å². The average Bonchev–Trinajstić information content (AvgIpc) is 3.17. The van der Waals surface area contributed by atoms with Gasteiger partial charge in [0.05, 0.1) is 23.4 Å². The summed E-state index contributed by atoms with van der Waals surface area (Å²) in [6.45, 7) is 1.85. The van der Waals surface area contributed by atoms with Gasteiger partial charge in [-0.25, -0.2) is 9.78 Å². The van der Waals surface area contributed by atoms with E-state index in [1.807, 2.05) is 24.4 Å². The predicted molar refractivity (Wildman–Crippen MR) is 107 cm³/mol. The normalized spacial score (nSPS) is 16.3. The molecule has 0 aliphatic carbocycles. The maximum Gasteiger partial charge on any atom is 0.319 e. The van der Waals surface area contributed by atoms with E-state index < -0.39 is 0 Å². The number of aromatic nitrogens is 1. The lowest BCUT2D eigenvalue weighted by Gasteiger charge is -2.28. The van der Waals surface area contributed by atoms with Crippen LogP contribution in [0.15, 0.2) is 59.6 Å². The number of thiazole rings is 1. The lowest BCUT2D eigenvalue weighted by Crippen LogP contribution is -2.42. The molecule has 7 heteroatoms. The summed E-state index contributed by atoms with van der Waals surface area (Å²) in [6.07, 6.45) is 0. The Morgan fingerprint density at radius 3 is 2.54 bits per heavy atom. The summed E-state index contributed by atoms with van der Waals surface area (Å²) in [5.41, 5.74) is 4.82. The first kappa shape index (κ1) is 17.8. The monoisotopic (exact) mass is 388 g/mol. The molecule has 0 bridgehead atoms. The molecule has 3 N–H and O–H groups in total. The number of aromatic hydroxyl groups is 1. The number of carbonyl (C=O) groups excluding carboxylic acids is 1. The van der Waals surface area contributed by atoms with Crippen molar-refractivity contribution in [2.24, 2.45) is 0 Å². The number of phenols is 1. The van der Waals surface area contributed by atoms with Crippen molar-refractivity contribution >= 4 is 22.9 Å². The van der Waals surface area contributed by atoms with E-state index in [2.05, 4.69) is 16.7 Å². The third-order valence-electron chi connectivity index (χ3n) is 4.54. The van der Waals surface area contributed by atoms with Crippen molar-refractivity contribution < 1.29 is 9.90 Å². The topological polar surface area (TPSA) is 98.0 Å². The summed E-state index contributed by atoms with van der Waals surface area (Å²) in [5, 5.41) is 27.0. The van der Waals surface area contributed by atoms with Gasteiger partial charge < -0.3 is 15.7 Å².